The number of carbonyl (C=O) groups is 1. The van der Waals surface area contributed by atoms with Gasteiger partial charge in [-0.05, 0) is 46.7 Å². The second kappa shape index (κ2) is 6.27. The number of fused-ring (bicyclic) bond motifs is 1. The molecule has 2 nitrogen and oxygen atoms in total. The minimum Gasteiger partial charge on any atom is -0.497 e. The smallest absolute Gasteiger partial charge is 0.185 e. The van der Waals surface area contributed by atoms with Crippen LogP contribution in [0.4, 0.5) is 0 Å². The predicted molar refractivity (Wildman–Crippen MR) is 90.3 cm³/mol. The number of hydrogen-bond acceptors (Lipinski definition) is 2. The first kappa shape index (κ1) is 14.1. The molecule has 0 atom stereocenters. The van der Waals surface area contributed by atoms with Crippen molar-refractivity contribution < 1.29 is 9.53 Å². The molecule has 0 aliphatic heterocycles. The fourth-order valence-electron chi connectivity index (χ4n) is 2.41. The van der Waals surface area contributed by atoms with E-state index in [0.29, 0.717) is 5.56 Å². The Kier molecular flexibility index (Phi) is 4.01. The van der Waals surface area contributed by atoms with Crippen LogP contribution in [-0.2, 0) is 0 Å². The molecule has 108 valence electrons. The van der Waals surface area contributed by atoms with Crippen molar-refractivity contribution in [3.05, 3.63) is 83.9 Å². The summed E-state index contributed by atoms with van der Waals surface area (Å²) in [6.07, 6.45) is 3.48. The summed E-state index contributed by atoms with van der Waals surface area (Å²) in [6.45, 7) is 0. The van der Waals surface area contributed by atoms with E-state index in [1.807, 2.05) is 30.3 Å². The molecule has 0 saturated carbocycles. The molecule has 3 rings (SSSR count). The van der Waals surface area contributed by atoms with Gasteiger partial charge in [0.1, 0.15) is 5.75 Å². The van der Waals surface area contributed by atoms with Crippen LogP contribution in [-0.4, -0.2) is 12.9 Å². The minimum absolute atomic E-state index is 0.0180. The predicted octanol–water partition coefficient (Wildman–Crippen LogP) is 4.74. The molecule has 0 saturated heterocycles. The molecule has 0 heterocycles. The van der Waals surface area contributed by atoms with E-state index in [0.717, 1.165) is 16.7 Å². The van der Waals surface area contributed by atoms with E-state index in [2.05, 4.69) is 18.2 Å². The number of carbonyl (C=O) groups excluding carboxylic acids is 1. The maximum Gasteiger partial charge on any atom is 0.185 e. The molecule has 0 bridgehead atoms. The van der Waals surface area contributed by atoms with Crippen LogP contribution in [0.15, 0.2) is 72.8 Å². The fourth-order valence-corrected chi connectivity index (χ4v) is 2.41. The molecule has 0 aromatic heterocycles. The highest BCUT2D eigenvalue weighted by Crippen LogP contribution is 2.20. The molecule has 0 amide bonds. The largest absolute Gasteiger partial charge is 0.497 e. The Morgan fingerprint density at radius 1 is 0.909 bits per heavy atom. The summed E-state index contributed by atoms with van der Waals surface area (Å²) in [5, 5.41) is 2.31. The highest BCUT2D eigenvalue weighted by atomic mass is 16.5. The molecule has 0 unspecified atom stereocenters. The molecular weight excluding hydrogens is 272 g/mol. The van der Waals surface area contributed by atoms with Crippen molar-refractivity contribution in [3.8, 4) is 5.75 Å². The van der Waals surface area contributed by atoms with E-state index < -0.39 is 0 Å². The lowest BCUT2D eigenvalue weighted by Crippen LogP contribution is -1.94. The maximum absolute atomic E-state index is 12.2. The van der Waals surface area contributed by atoms with Crippen LogP contribution in [0.2, 0.25) is 0 Å². The van der Waals surface area contributed by atoms with Crippen molar-refractivity contribution in [2.24, 2.45) is 0 Å². The molecule has 22 heavy (non-hydrogen) atoms. The summed E-state index contributed by atoms with van der Waals surface area (Å²) in [6, 6.07) is 21.4. The number of hydrogen-bond donors (Lipinski definition) is 0. The third-order valence-electron chi connectivity index (χ3n) is 3.61. The second-order valence-corrected chi connectivity index (χ2v) is 4.99. The molecule has 0 fully saturated rings. The fraction of sp³-hybridized carbons (Fsp3) is 0.0500. The van der Waals surface area contributed by atoms with Gasteiger partial charge in [0.25, 0.3) is 0 Å². The Morgan fingerprint density at radius 3 is 2.41 bits per heavy atom. The molecule has 0 aliphatic carbocycles. The first-order valence-corrected chi connectivity index (χ1v) is 7.12. The molecule has 3 aromatic carbocycles. The minimum atomic E-state index is -0.0180. The van der Waals surface area contributed by atoms with E-state index >= 15 is 0 Å². The SMILES string of the molecule is COc1ccc(C(=O)/C=C\c2cccc3ccccc23)cc1. The van der Waals surface area contributed by atoms with Gasteiger partial charge in [-0.1, -0.05) is 48.5 Å². The van der Waals surface area contributed by atoms with Gasteiger partial charge in [-0.3, -0.25) is 4.79 Å². The Hall–Kier alpha value is -2.87. The van der Waals surface area contributed by atoms with Crippen LogP contribution in [0.5, 0.6) is 5.75 Å². The monoisotopic (exact) mass is 288 g/mol. The van der Waals surface area contributed by atoms with E-state index in [9.17, 15) is 4.79 Å². The molecule has 2 heteroatoms. The van der Waals surface area contributed by atoms with Crippen LogP contribution >= 0.6 is 0 Å². The number of benzene rings is 3. The Labute approximate surface area is 129 Å². The molecule has 0 radical (unpaired) electrons. The van der Waals surface area contributed by atoms with Gasteiger partial charge in [0.15, 0.2) is 5.78 Å². The van der Waals surface area contributed by atoms with Crippen molar-refractivity contribution in [1.82, 2.24) is 0 Å². The Bertz CT molecular complexity index is 824. The third-order valence-corrected chi connectivity index (χ3v) is 3.61. The topological polar surface area (TPSA) is 26.3 Å². The van der Waals surface area contributed by atoms with Crippen LogP contribution in [0, 0.1) is 0 Å². The van der Waals surface area contributed by atoms with Gasteiger partial charge >= 0.3 is 0 Å². The van der Waals surface area contributed by atoms with Gasteiger partial charge in [-0.2, -0.15) is 0 Å². The lowest BCUT2D eigenvalue weighted by Gasteiger charge is -2.02. The van der Waals surface area contributed by atoms with Crippen molar-refractivity contribution >= 4 is 22.6 Å². The molecule has 0 N–H and O–H groups in total. The molecule has 0 aliphatic rings. The number of ketones is 1. The van der Waals surface area contributed by atoms with Crippen LogP contribution < -0.4 is 4.74 Å². The zero-order valence-electron chi connectivity index (χ0n) is 12.3. The van der Waals surface area contributed by atoms with Gasteiger partial charge in [-0.15, -0.1) is 0 Å². The van der Waals surface area contributed by atoms with Gasteiger partial charge in [-0.25, -0.2) is 0 Å². The van der Waals surface area contributed by atoms with E-state index in [4.69, 9.17) is 4.74 Å². The van der Waals surface area contributed by atoms with Crippen LogP contribution in [0.1, 0.15) is 15.9 Å². The van der Waals surface area contributed by atoms with Gasteiger partial charge < -0.3 is 4.74 Å². The van der Waals surface area contributed by atoms with Gasteiger partial charge in [0, 0.05) is 5.56 Å². The quantitative estimate of drug-likeness (QED) is 0.512. The van der Waals surface area contributed by atoms with Gasteiger partial charge in [0.2, 0.25) is 0 Å². The number of rotatable bonds is 4. The van der Waals surface area contributed by atoms with Gasteiger partial charge in [0.05, 0.1) is 7.11 Å². The normalized spacial score (nSPS) is 11.0. The highest BCUT2D eigenvalue weighted by molar-refractivity contribution is 6.07. The standard InChI is InChI=1S/C20H16O2/c1-22-18-12-9-17(10-13-18)20(21)14-11-16-7-4-6-15-5-2-3-8-19(15)16/h2-14H,1H3/b14-11-. The zero-order valence-corrected chi connectivity index (χ0v) is 12.3. The average molecular weight is 288 g/mol. The van der Waals surface area contributed by atoms with Crippen molar-refractivity contribution in [2.75, 3.05) is 7.11 Å². The van der Waals surface area contributed by atoms with Crippen LogP contribution in [0.25, 0.3) is 16.8 Å². The number of allylic oxidation sites excluding steroid dienone is 1. The third kappa shape index (κ3) is 2.91. The summed E-state index contributed by atoms with van der Waals surface area (Å²) < 4.78 is 5.10. The van der Waals surface area contributed by atoms with Crippen molar-refractivity contribution in [3.63, 3.8) is 0 Å². The first-order valence-electron chi connectivity index (χ1n) is 7.12. The summed E-state index contributed by atoms with van der Waals surface area (Å²) >= 11 is 0. The summed E-state index contributed by atoms with van der Waals surface area (Å²) in [4.78, 5) is 12.2. The van der Waals surface area contributed by atoms with Crippen molar-refractivity contribution in [1.29, 1.82) is 0 Å². The Balaban J connectivity index is 1.87. The molecule has 3 aromatic rings. The van der Waals surface area contributed by atoms with E-state index in [1.54, 1.807) is 37.5 Å². The first-order chi connectivity index (χ1) is 10.8. The number of methoxy groups -OCH3 is 1. The lowest BCUT2D eigenvalue weighted by molar-refractivity contribution is 0.104. The average Bonchev–Trinajstić information content (AvgIpc) is 2.59. The maximum atomic E-state index is 12.2. The number of ether oxygens (including phenoxy) is 1. The highest BCUT2D eigenvalue weighted by Gasteiger charge is 2.02. The second-order valence-electron chi connectivity index (χ2n) is 4.99. The lowest BCUT2D eigenvalue weighted by atomic mass is 10.0. The summed E-state index contributed by atoms with van der Waals surface area (Å²) in [5.74, 6) is 0.727. The van der Waals surface area contributed by atoms with Crippen LogP contribution in [0.3, 0.4) is 0 Å². The van der Waals surface area contributed by atoms with E-state index in [1.165, 1.54) is 5.39 Å². The zero-order chi connectivity index (χ0) is 15.4. The summed E-state index contributed by atoms with van der Waals surface area (Å²) in [5.41, 5.74) is 1.69. The Morgan fingerprint density at radius 2 is 1.64 bits per heavy atom. The molecular formula is C20H16O2. The van der Waals surface area contributed by atoms with Crippen molar-refractivity contribution in [2.45, 2.75) is 0 Å². The summed E-state index contributed by atoms with van der Waals surface area (Å²) in [7, 11) is 1.61. The molecule has 0 spiro atoms. The van der Waals surface area contributed by atoms with E-state index in [-0.39, 0.29) is 5.78 Å².